The molecular formula is C25H26FN3O6S. The molecule has 2 aliphatic heterocycles. The highest BCUT2D eigenvalue weighted by molar-refractivity contribution is 7.99. The number of anilines is 2. The Balaban J connectivity index is 1.67. The van der Waals surface area contributed by atoms with Crippen LogP contribution in [0.15, 0.2) is 52.3 Å². The summed E-state index contributed by atoms with van der Waals surface area (Å²) in [7, 11) is 1.54. The third-order valence-electron chi connectivity index (χ3n) is 6.19. The van der Waals surface area contributed by atoms with Crippen LogP contribution in [0, 0.1) is 0 Å². The Morgan fingerprint density at radius 3 is 2.61 bits per heavy atom. The summed E-state index contributed by atoms with van der Waals surface area (Å²) in [6.45, 7) is -1.10. The number of likely N-dealkylation sites (tertiary alicyclic amines) is 1. The number of nitrogens with zero attached hydrogens (tertiary/aromatic N) is 2. The average molecular weight is 516 g/mol. The largest absolute Gasteiger partial charge is 0.497 e. The lowest BCUT2D eigenvalue weighted by Crippen LogP contribution is -2.57. The van der Waals surface area contributed by atoms with Crippen LogP contribution >= 0.6 is 11.8 Å². The zero-order valence-corrected chi connectivity index (χ0v) is 20.4. The molecule has 4 rings (SSSR count). The van der Waals surface area contributed by atoms with Crippen LogP contribution in [0.5, 0.6) is 5.75 Å². The van der Waals surface area contributed by atoms with Crippen LogP contribution in [0.2, 0.25) is 0 Å². The molecule has 2 N–H and O–H groups in total. The lowest BCUT2D eigenvalue weighted by atomic mass is 10.0. The molecule has 11 heteroatoms. The monoisotopic (exact) mass is 515 g/mol. The fourth-order valence-corrected chi connectivity index (χ4v) is 5.45. The number of aliphatic carboxylic acids is 1. The van der Waals surface area contributed by atoms with Crippen molar-refractivity contribution in [2.75, 3.05) is 25.2 Å². The number of methoxy groups -OCH3 is 1. The summed E-state index contributed by atoms with van der Waals surface area (Å²) in [4.78, 5) is 55.0. The van der Waals surface area contributed by atoms with Crippen molar-refractivity contribution in [1.82, 2.24) is 10.2 Å². The molecule has 2 aliphatic rings. The van der Waals surface area contributed by atoms with E-state index in [4.69, 9.17) is 9.84 Å². The van der Waals surface area contributed by atoms with Crippen molar-refractivity contribution < 1.29 is 33.4 Å². The first-order valence-corrected chi connectivity index (χ1v) is 12.3. The Morgan fingerprint density at radius 1 is 1.14 bits per heavy atom. The number of nitrogens with one attached hydrogen (secondary N) is 1. The van der Waals surface area contributed by atoms with Gasteiger partial charge in [0.05, 0.1) is 24.9 Å². The highest BCUT2D eigenvalue weighted by atomic mass is 32.2. The Kier molecular flexibility index (Phi) is 7.78. The zero-order valence-electron chi connectivity index (χ0n) is 19.6. The summed E-state index contributed by atoms with van der Waals surface area (Å²) in [5.41, 5.74) is 1.28. The molecule has 0 saturated carbocycles. The number of alkyl halides is 1. The molecule has 0 aromatic heterocycles. The smallest absolute Gasteiger partial charge is 0.329 e. The fourth-order valence-electron chi connectivity index (χ4n) is 4.41. The maximum absolute atomic E-state index is 14.0. The molecular weight excluding hydrogens is 489 g/mol. The Labute approximate surface area is 211 Å². The van der Waals surface area contributed by atoms with E-state index in [-0.39, 0.29) is 0 Å². The summed E-state index contributed by atoms with van der Waals surface area (Å²) in [6, 6.07) is 10.0. The van der Waals surface area contributed by atoms with Gasteiger partial charge in [-0.3, -0.25) is 19.3 Å². The number of halogens is 1. The summed E-state index contributed by atoms with van der Waals surface area (Å²) in [5.74, 6) is -2.48. The number of urea groups is 1. The van der Waals surface area contributed by atoms with Gasteiger partial charge in [0.15, 0.2) is 5.78 Å². The van der Waals surface area contributed by atoms with E-state index in [0.29, 0.717) is 42.9 Å². The van der Waals surface area contributed by atoms with Crippen LogP contribution < -0.4 is 15.0 Å². The van der Waals surface area contributed by atoms with Gasteiger partial charge in [0, 0.05) is 22.4 Å². The van der Waals surface area contributed by atoms with Gasteiger partial charge in [-0.15, -0.1) is 0 Å². The zero-order chi connectivity index (χ0) is 25.8. The molecule has 0 spiro atoms. The van der Waals surface area contributed by atoms with Gasteiger partial charge in [-0.2, -0.15) is 0 Å². The minimum Gasteiger partial charge on any atom is -0.497 e. The van der Waals surface area contributed by atoms with Gasteiger partial charge in [0.1, 0.15) is 24.5 Å². The van der Waals surface area contributed by atoms with Crippen molar-refractivity contribution in [3.8, 4) is 5.75 Å². The molecule has 2 aromatic rings. The van der Waals surface area contributed by atoms with Crippen molar-refractivity contribution in [3.05, 3.63) is 42.5 Å². The number of benzene rings is 2. The molecule has 2 heterocycles. The SMILES string of the molecule is COc1ccc2c(c1)N(C(=O)N1CCCC[C@H]1C(=O)NC(CC(=O)O)C(=O)CF)c1ccccc1S2. The Hall–Kier alpha value is -3.60. The van der Waals surface area contributed by atoms with E-state index < -0.39 is 48.9 Å². The van der Waals surface area contributed by atoms with Gasteiger partial charge in [-0.05, 0) is 43.5 Å². The maximum atomic E-state index is 14.0. The standard InChI is InChI=1S/C25H26FN3O6S/c1-35-15-9-10-22-19(12-15)29(17-6-2-3-8-21(17)36-22)25(34)28-11-5-4-7-18(28)24(33)27-16(13-23(31)32)20(30)14-26/h2-3,6,8-10,12,16,18H,4-5,7,11,13-14H2,1H3,(H,27,33)(H,31,32)/t16?,18-/m0/s1. The number of ether oxygens (including phenoxy) is 1. The summed E-state index contributed by atoms with van der Waals surface area (Å²) >= 11 is 1.52. The number of carboxylic acid groups (broad SMARTS) is 1. The molecule has 9 nitrogen and oxygen atoms in total. The van der Waals surface area contributed by atoms with E-state index in [9.17, 15) is 23.6 Å². The molecule has 1 fully saturated rings. The van der Waals surface area contributed by atoms with E-state index in [1.165, 1.54) is 23.8 Å². The molecule has 0 aliphatic carbocycles. The molecule has 2 atom stereocenters. The minimum atomic E-state index is -1.50. The fraction of sp³-hybridized carbons (Fsp3) is 0.360. The van der Waals surface area contributed by atoms with Crippen LogP contribution in [0.25, 0.3) is 0 Å². The third kappa shape index (κ3) is 5.15. The molecule has 3 amide bonds. The number of carbonyl (C=O) groups is 4. The van der Waals surface area contributed by atoms with Crippen LogP contribution in [0.4, 0.5) is 20.6 Å². The van der Waals surface area contributed by atoms with Crippen molar-refractivity contribution in [2.24, 2.45) is 0 Å². The van der Waals surface area contributed by atoms with E-state index in [1.807, 2.05) is 36.4 Å². The van der Waals surface area contributed by atoms with E-state index >= 15 is 0 Å². The third-order valence-corrected chi connectivity index (χ3v) is 7.32. The van der Waals surface area contributed by atoms with E-state index in [0.717, 1.165) is 9.79 Å². The molecule has 2 aromatic carbocycles. The second kappa shape index (κ2) is 11.0. The number of hydrogen-bond acceptors (Lipinski definition) is 6. The van der Waals surface area contributed by atoms with Crippen molar-refractivity contribution in [1.29, 1.82) is 0 Å². The average Bonchev–Trinajstić information content (AvgIpc) is 2.89. The van der Waals surface area contributed by atoms with Crippen molar-refractivity contribution in [3.63, 3.8) is 0 Å². The quantitative estimate of drug-likeness (QED) is 0.577. The molecule has 0 radical (unpaired) electrons. The minimum absolute atomic E-state index is 0.294. The Morgan fingerprint density at radius 2 is 1.89 bits per heavy atom. The Bertz CT molecular complexity index is 1190. The second-order valence-corrected chi connectivity index (χ2v) is 9.57. The van der Waals surface area contributed by atoms with Crippen molar-refractivity contribution >= 4 is 46.8 Å². The predicted octanol–water partition coefficient (Wildman–Crippen LogP) is 3.77. The number of rotatable bonds is 7. The lowest BCUT2D eigenvalue weighted by Gasteiger charge is -2.40. The number of ketones is 1. The summed E-state index contributed by atoms with van der Waals surface area (Å²) in [5, 5.41) is 11.4. The highest BCUT2D eigenvalue weighted by Crippen LogP contribution is 2.49. The molecule has 36 heavy (non-hydrogen) atoms. The number of carboxylic acids is 1. The van der Waals surface area contributed by atoms with Crippen LogP contribution in [0.1, 0.15) is 25.7 Å². The lowest BCUT2D eigenvalue weighted by molar-refractivity contribution is -0.140. The van der Waals surface area contributed by atoms with Gasteiger partial charge in [0.25, 0.3) is 0 Å². The van der Waals surface area contributed by atoms with Gasteiger partial charge >= 0.3 is 12.0 Å². The van der Waals surface area contributed by atoms with Gasteiger partial charge in [0.2, 0.25) is 5.91 Å². The van der Waals surface area contributed by atoms with E-state index in [2.05, 4.69) is 5.32 Å². The van der Waals surface area contributed by atoms with Gasteiger partial charge in [-0.1, -0.05) is 23.9 Å². The highest BCUT2D eigenvalue weighted by Gasteiger charge is 2.39. The molecule has 1 unspecified atom stereocenters. The second-order valence-electron chi connectivity index (χ2n) is 8.49. The number of hydrogen-bond donors (Lipinski definition) is 2. The number of Topliss-reactive ketones (excluding diaryl/α,β-unsaturated/α-hetero) is 1. The molecule has 0 bridgehead atoms. The normalized spacial score (nSPS) is 17.4. The maximum Gasteiger partial charge on any atom is 0.329 e. The number of piperidine rings is 1. The first-order chi connectivity index (χ1) is 17.3. The number of fused-ring (bicyclic) bond motifs is 2. The van der Waals surface area contributed by atoms with Crippen molar-refractivity contribution in [2.45, 2.75) is 47.6 Å². The topological polar surface area (TPSA) is 116 Å². The van der Waals surface area contributed by atoms with Crippen LogP contribution in [-0.4, -0.2) is 66.1 Å². The summed E-state index contributed by atoms with van der Waals surface area (Å²) < 4.78 is 18.4. The summed E-state index contributed by atoms with van der Waals surface area (Å²) in [6.07, 6.45) is 0.932. The first-order valence-electron chi connectivity index (χ1n) is 11.5. The number of carbonyl (C=O) groups excluding carboxylic acids is 3. The molecule has 190 valence electrons. The number of para-hydroxylation sites is 1. The van der Waals surface area contributed by atoms with Gasteiger partial charge in [-0.25, -0.2) is 9.18 Å². The van der Waals surface area contributed by atoms with Crippen LogP contribution in [0.3, 0.4) is 0 Å². The first kappa shape index (κ1) is 25.5. The van der Waals surface area contributed by atoms with Gasteiger partial charge < -0.3 is 20.1 Å². The van der Waals surface area contributed by atoms with Crippen LogP contribution in [-0.2, 0) is 14.4 Å². The predicted molar refractivity (Wildman–Crippen MR) is 131 cm³/mol. The van der Waals surface area contributed by atoms with E-state index in [1.54, 1.807) is 11.0 Å². The molecule has 1 saturated heterocycles. The number of amides is 3.